The highest BCUT2D eigenvalue weighted by atomic mass is 16.7. The zero-order valence-electron chi connectivity index (χ0n) is 13.1. The van der Waals surface area contributed by atoms with Crippen molar-refractivity contribution >= 4 is 12.0 Å². The number of nitrogens with zero attached hydrogens (tertiary/aromatic N) is 1. The van der Waals surface area contributed by atoms with Gasteiger partial charge in [0.05, 0.1) is 19.6 Å². The van der Waals surface area contributed by atoms with Crippen molar-refractivity contribution in [2.45, 2.75) is 32.6 Å². The number of ether oxygens (including phenoxy) is 3. The fourth-order valence-corrected chi connectivity index (χ4v) is 1.96. The van der Waals surface area contributed by atoms with Crippen LogP contribution in [0.15, 0.2) is 29.3 Å². The molecule has 1 atom stereocenters. The molecule has 0 spiro atoms. The fraction of sp³-hybridized carbons (Fsp3) is 0.500. The number of hydrogen-bond donors (Lipinski definition) is 0. The molecular weight excluding hydrogens is 286 g/mol. The summed E-state index contributed by atoms with van der Waals surface area (Å²) in [6.45, 7) is 4.86. The number of carbonyl (C=O) groups excluding carboxylic acids is 2. The second kappa shape index (κ2) is 9.84. The van der Waals surface area contributed by atoms with Crippen LogP contribution >= 0.6 is 0 Å². The van der Waals surface area contributed by atoms with E-state index in [1.807, 2.05) is 26.0 Å². The highest BCUT2D eigenvalue weighted by molar-refractivity contribution is 5.70. The molecule has 22 heavy (non-hydrogen) atoms. The number of carbonyl (C=O) groups is 1. The van der Waals surface area contributed by atoms with Crippen molar-refractivity contribution in [2.24, 2.45) is 4.99 Å². The summed E-state index contributed by atoms with van der Waals surface area (Å²) in [5, 5.41) is 0. The molecule has 120 valence electrons. The molecule has 0 saturated carbocycles. The molecule has 6 heteroatoms. The SMILES string of the molecule is CCOC(OCC)c1ccc(C(CC(=O)OC)N=C=O)cc1. The van der Waals surface area contributed by atoms with Crippen LogP contribution in [0.25, 0.3) is 0 Å². The van der Waals surface area contributed by atoms with Gasteiger partial charge >= 0.3 is 5.97 Å². The van der Waals surface area contributed by atoms with Gasteiger partial charge in [0.25, 0.3) is 0 Å². The van der Waals surface area contributed by atoms with E-state index in [4.69, 9.17) is 9.47 Å². The topological polar surface area (TPSA) is 74.2 Å². The molecule has 1 aromatic carbocycles. The second-order valence-corrected chi connectivity index (χ2v) is 4.43. The first-order valence-corrected chi connectivity index (χ1v) is 7.13. The number of aliphatic imine (C=N–C) groups is 1. The van der Waals surface area contributed by atoms with Crippen LogP contribution in [-0.2, 0) is 23.8 Å². The third kappa shape index (κ3) is 5.41. The normalized spacial score (nSPS) is 11.8. The standard InChI is InChI=1S/C16H21NO5/c1-4-21-16(22-5-2)13-8-6-12(7-9-13)14(17-11-18)10-15(19)20-3/h6-9,14,16H,4-5,10H2,1-3H3. The lowest BCUT2D eigenvalue weighted by Crippen LogP contribution is -2.10. The number of benzene rings is 1. The van der Waals surface area contributed by atoms with Gasteiger partial charge in [0.15, 0.2) is 6.29 Å². The van der Waals surface area contributed by atoms with Gasteiger partial charge in [-0.25, -0.2) is 4.79 Å². The Kier molecular flexibility index (Phi) is 8.07. The predicted octanol–water partition coefficient (Wildman–Crippen LogP) is 2.70. The second-order valence-electron chi connectivity index (χ2n) is 4.43. The minimum atomic E-state index is -0.600. The summed E-state index contributed by atoms with van der Waals surface area (Å²) < 4.78 is 15.6. The minimum Gasteiger partial charge on any atom is -0.469 e. The first-order valence-electron chi connectivity index (χ1n) is 7.13. The summed E-state index contributed by atoms with van der Waals surface area (Å²) in [5.74, 6) is -0.436. The lowest BCUT2D eigenvalue weighted by Gasteiger charge is -2.18. The Balaban J connectivity index is 2.92. The summed E-state index contributed by atoms with van der Waals surface area (Å²) in [7, 11) is 1.29. The molecule has 0 N–H and O–H groups in total. The number of esters is 1. The Morgan fingerprint density at radius 3 is 2.14 bits per heavy atom. The average molecular weight is 307 g/mol. The summed E-state index contributed by atoms with van der Waals surface area (Å²) in [5.41, 5.74) is 1.59. The third-order valence-electron chi connectivity index (χ3n) is 3.03. The van der Waals surface area contributed by atoms with E-state index in [2.05, 4.69) is 9.73 Å². The van der Waals surface area contributed by atoms with Gasteiger partial charge in [-0.3, -0.25) is 4.79 Å². The van der Waals surface area contributed by atoms with E-state index in [9.17, 15) is 9.59 Å². The molecule has 0 radical (unpaired) electrons. The van der Waals surface area contributed by atoms with Crippen LogP contribution < -0.4 is 0 Å². The molecule has 0 saturated heterocycles. The molecule has 6 nitrogen and oxygen atoms in total. The maximum Gasteiger partial charge on any atom is 0.308 e. The van der Waals surface area contributed by atoms with Crippen molar-refractivity contribution in [2.75, 3.05) is 20.3 Å². The van der Waals surface area contributed by atoms with E-state index in [-0.39, 0.29) is 6.42 Å². The van der Waals surface area contributed by atoms with E-state index in [1.54, 1.807) is 12.1 Å². The third-order valence-corrected chi connectivity index (χ3v) is 3.03. The molecule has 0 amide bonds. The summed E-state index contributed by atoms with van der Waals surface area (Å²) in [4.78, 5) is 25.5. The average Bonchev–Trinajstić information content (AvgIpc) is 2.54. The highest BCUT2D eigenvalue weighted by Gasteiger charge is 2.17. The number of isocyanates is 1. The summed E-state index contributed by atoms with van der Waals surface area (Å²) >= 11 is 0. The van der Waals surface area contributed by atoms with E-state index in [1.165, 1.54) is 13.2 Å². The molecule has 1 rings (SSSR count). The molecule has 0 aromatic heterocycles. The molecule has 0 aliphatic carbocycles. The largest absolute Gasteiger partial charge is 0.469 e. The van der Waals surface area contributed by atoms with Crippen LogP contribution in [0.2, 0.25) is 0 Å². The number of hydrogen-bond acceptors (Lipinski definition) is 6. The Labute approximate surface area is 130 Å². The zero-order chi connectivity index (χ0) is 16.4. The van der Waals surface area contributed by atoms with Gasteiger partial charge in [-0.05, 0) is 19.4 Å². The van der Waals surface area contributed by atoms with Crippen molar-refractivity contribution in [3.8, 4) is 0 Å². The first kappa shape index (κ1) is 18.0. The Morgan fingerprint density at radius 2 is 1.68 bits per heavy atom. The quantitative estimate of drug-likeness (QED) is 0.303. The van der Waals surface area contributed by atoms with Crippen molar-refractivity contribution in [1.82, 2.24) is 0 Å². The van der Waals surface area contributed by atoms with Crippen LogP contribution in [0.5, 0.6) is 0 Å². The number of rotatable bonds is 9. The van der Waals surface area contributed by atoms with Gasteiger partial charge in [0, 0.05) is 18.8 Å². The lowest BCUT2D eigenvalue weighted by atomic mass is 10.0. The number of methoxy groups -OCH3 is 1. The van der Waals surface area contributed by atoms with Crippen LogP contribution in [-0.4, -0.2) is 32.4 Å². The minimum absolute atomic E-state index is 0.00850. The molecule has 1 aromatic rings. The monoisotopic (exact) mass is 307 g/mol. The maximum atomic E-state index is 11.4. The van der Waals surface area contributed by atoms with Crippen molar-refractivity contribution in [1.29, 1.82) is 0 Å². The smallest absolute Gasteiger partial charge is 0.308 e. The highest BCUT2D eigenvalue weighted by Crippen LogP contribution is 2.25. The predicted molar refractivity (Wildman–Crippen MR) is 79.9 cm³/mol. The molecule has 0 heterocycles. The molecule has 0 aliphatic heterocycles. The van der Waals surface area contributed by atoms with Gasteiger partial charge in [-0.1, -0.05) is 24.3 Å². The van der Waals surface area contributed by atoms with E-state index in [0.29, 0.717) is 13.2 Å². The van der Waals surface area contributed by atoms with Gasteiger partial charge < -0.3 is 14.2 Å². The molecule has 0 fully saturated rings. The van der Waals surface area contributed by atoms with Gasteiger partial charge in [0.2, 0.25) is 6.08 Å². The van der Waals surface area contributed by atoms with Crippen molar-refractivity contribution < 1.29 is 23.8 Å². The summed E-state index contributed by atoms with van der Waals surface area (Å²) in [6.07, 6.45) is 1.05. The fourth-order valence-electron chi connectivity index (χ4n) is 1.96. The maximum absolute atomic E-state index is 11.4. The Morgan fingerprint density at radius 1 is 1.14 bits per heavy atom. The van der Waals surface area contributed by atoms with E-state index < -0.39 is 18.3 Å². The zero-order valence-corrected chi connectivity index (χ0v) is 13.1. The van der Waals surface area contributed by atoms with Gasteiger partial charge in [-0.2, -0.15) is 4.99 Å². The van der Waals surface area contributed by atoms with Crippen molar-refractivity contribution in [3.63, 3.8) is 0 Å². The Bertz CT molecular complexity index is 502. The Hall–Kier alpha value is -2.01. The van der Waals surface area contributed by atoms with E-state index in [0.717, 1.165) is 11.1 Å². The van der Waals surface area contributed by atoms with Crippen molar-refractivity contribution in [3.05, 3.63) is 35.4 Å². The van der Waals surface area contributed by atoms with Crippen LogP contribution in [0.1, 0.15) is 43.7 Å². The van der Waals surface area contributed by atoms with Crippen LogP contribution in [0.4, 0.5) is 0 Å². The molecular formula is C16H21NO5. The molecule has 0 aliphatic rings. The van der Waals surface area contributed by atoms with E-state index >= 15 is 0 Å². The lowest BCUT2D eigenvalue weighted by molar-refractivity contribution is -0.141. The van der Waals surface area contributed by atoms with Gasteiger partial charge in [-0.15, -0.1) is 0 Å². The van der Waals surface area contributed by atoms with Crippen LogP contribution in [0.3, 0.4) is 0 Å². The molecule has 0 bridgehead atoms. The first-order chi connectivity index (χ1) is 10.7. The summed E-state index contributed by atoms with van der Waals surface area (Å²) in [6, 6.07) is 6.63. The van der Waals surface area contributed by atoms with Crippen LogP contribution in [0, 0.1) is 0 Å². The molecule has 1 unspecified atom stereocenters. The van der Waals surface area contributed by atoms with Gasteiger partial charge in [0.1, 0.15) is 0 Å².